The van der Waals surface area contributed by atoms with Crippen LogP contribution in [0.2, 0.25) is 0 Å². The van der Waals surface area contributed by atoms with Crippen molar-refractivity contribution in [2.45, 2.75) is 44.6 Å². The minimum absolute atomic E-state index is 0.139. The van der Waals surface area contributed by atoms with Gasteiger partial charge in [0, 0.05) is 24.0 Å². The third-order valence-corrected chi connectivity index (χ3v) is 7.36. The fourth-order valence-corrected chi connectivity index (χ4v) is 5.89. The van der Waals surface area contributed by atoms with E-state index in [-0.39, 0.29) is 6.04 Å². The molecular weight excluding hydrogens is 406 g/mol. The summed E-state index contributed by atoms with van der Waals surface area (Å²) in [5.41, 5.74) is 7.91. The molecule has 1 saturated heterocycles. The predicted octanol–water partition coefficient (Wildman–Crippen LogP) is 4.38. The van der Waals surface area contributed by atoms with E-state index in [1.807, 2.05) is 35.6 Å². The van der Waals surface area contributed by atoms with E-state index in [0.29, 0.717) is 0 Å². The first-order valence-corrected chi connectivity index (χ1v) is 11.9. The summed E-state index contributed by atoms with van der Waals surface area (Å²) in [6.45, 7) is 1.70. The summed E-state index contributed by atoms with van der Waals surface area (Å²) >= 11 is 1.84. The number of fused-ring (bicyclic) bond motifs is 3. The lowest BCUT2D eigenvalue weighted by Crippen LogP contribution is -2.46. The molecule has 3 aromatic rings. The maximum atomic E-state index is 11.2. The molecular formula is C24H27N5OS. The number of urea groups is 1. The topological polar surface area (TPSA) is 84.1 Å². The van der Waals surface area contributed by atoms with Gasteiger partial charge in [-0.25, -0.2) is 14.8 Å². The number of amides is 2. The van der Waals surface area contributed by atoms with Crippen LogP contribution in [-0.4, -0.2) is 35.1 Å². The van der Waals surface area contributed by atoms with Crippen molar-refractivity contribution < 1.29 is 4.79 Å². The van der Waals surface area contributed by atoms with Crippen molar-refractivity contribution in [3.63, 3.8) is 0 Å². The highest BCUT2D eigenvalue weighted by Crippen LogP contribution is 2.40. The van der Waals surface area contributed by atoms with Gasteiger partial charge in [0.05, 0.1) is 5.39 Å². The summed E-state index contributed by atoms with van der Waals surface area (Å²) < 4.78 is 0. The minimum Gasteiger partial charge on any atom is -0.356 e. The molecule has 1 aliphatic carbocycles. The number of piperidine rings is 1. The Kier molecular flexibility index (Phi) is 5.59. The number of carbonyl (C=O) groups excluding carboxylic acids is 1. The Morgan fingerprint density at radius 3 is 2.65 bits per heavy atom. The first-order chi connectivity index (χ1) is 15.2. The lowest BCUT2D eigenvalue weighted by atomic mass is 9.96. The smallest absolute Gasteiger partial charge is 0.312 e. The highest BCUT2D eigenvalue weighted by Gasteiger charge is 2.26. The highest BCUT2D eigenvalue weighted by atomic mass is 32.1. The zero-order valence-electron chi connectivity index (χ0n) is 17.5. The van der Waals surface area contributed by atoms with Crippen molar-refractivity contribution in [3.05, 3.63) is 52.2 Å². The Morgan fingerprint density at radius 1 is 1.10 bits per heavy atom. The largest absolute Gasteiger partial charge is 0.356 e. The molecule has 0 bridgehead atoms. The van der Waals surface area contributed by atoms with Crippen molar-refractivity contribution in [2.75, 3.05) is 18.0 Å². The molecule has 1 aliphatic heterocycles. The number of carbonyl (C=O) groups is 1. The zero-order valence-corrected chi connectivity index (χ0v) is 18.3. The van der Waals surface area contributed by atoms with Gasteiger partial charge < -0.3 is 16.0 Å². The molecule has 0 radical (unpaired) electrons. The molecule has 1 aromatic carbocycles. The van der Waals surface area contributed by atoms with Crippen LogP contribution in [0.25, 0.3) is 22.4 Å². The fourth-order valence-electron chi connectivity index (χ4n) is 4.63. The van der Waals surface area contributed by atoms with Crippen LogP contribution in [0.3, 0.4) is 0 Å². The van der Waals surface area contributed by atoms with Gasteiger partial charge in [-0.05, 0) is 55.7 Å². The number of anilines is 1. The van der Waals surface area contributed by atoms with E-state index >= 15 is 0 Å². The third-order valence-electron chi connectivity index (χ3n) is 6.18. The van der Waals surface area contributed by atoms with E-state index in [1.165, 1.54) is 28.7 Å². The molecule has 6 nitrogen and oxygen atoms in total. The average molecular weight is 434 g/mol. The monoisotopic (exact) mass is 433 g/mol. The predicted molar refractivity (Wildman–Crippen MR) is 127 cm³/mol. The van der Waals surface area contributed by atoms with Crippen molar-refractivity contribution in [2.24, 2.45) is 5.73 Å². The number of primary amides is 1. The second kappa shape index (κ2) is 8.67. The molecule has 2 aromatic heterocycles. The first-order valence-electron chi connectivity index (χ1n) is 11.0. The molecule has 160 valence electrons. The van der Waals surface area contributed by atoms with E-state index in [9.17, 15) is 4.79 Å². The van der Waals surface area contributed by atoms with Crippen LogP contribution in [0.5, 0.6) is 0 Å². The summed E-state index contributed by atoms with van der Waals surface area (Å²) in [5.74, 6) is 1.80. The molecule has 1 fully saturated rings. The molecule has 31 heavy (non-hydrogen) atoms. The normalized spacial score (nSPS) is 17.2. The van der Waals surface area contributed by atoms with Crippen LogP contribution in [-0.2, 0) is 12.8 Å². The zero-order chi connectivity index (χ0) is 21.2. The van der Waals surface area contributed by atoms with E-state index in [2.05, 4.69) is 28.4 Å². The molecule has 3 heterocycles. The van der Waals surface area contributed by atoms with E-state index < -0.39 is 6.03 Å². The summed E-state index contributed by atoms with van der Waals surface area (Å²) in [7, 11) is 0. The van der Waals surface area contributed by atoms with Crippen LogP contribution in [0.1, 0.15) is 47.5 Å². The Morgan fingerprint density at radius 2 is 1.87 bits per heavy atom. The summed E-state index contributed by atoms with van der Waals surface area (Å²) in [4.78, 5) is 26.1. The number of hydrogen-bond acceptors (Lipinski definition) is 5. The van der Waals surface area contributed by atoms with E-state index in [4.69, 9.17) is 15.7 Å². The summed E-state index contributed by atoms with van der Waals surface area (Å²) in [6.07, 6.45) is 10.6. The summed E-state index contributed by atoms with van der Waals surface area (Å²) in [5, 5.41) is 4.10. The van der Waals surface area contributed by atoms with Crippen molar-refractivity contribution in [1.29, 1.82) is 0 Å². The Hall–Kier alpha value is -2.93. The Bertz CT molecular complexity index is 1120. The van der Waals surface area contributed by atoms with Crippen LogP contribution < -0.4 is 16.0 Å². The van der Waals surface area contributed by atoms with E-state index in [0.717, 1.165) is 60.8 Å². The number of hydrogen-bond donors (Lipinski definition) is 2. The summed E-state index contributed by atoms with van der Waals surface area (Å²) in [6, 6.07) is 9.94. The number of nitrogens with two attached hydrogens (primary N) is 1. The number of nitrogens with one attached hydrogen (secondary N) is 1. The van der Waals surface area contributed by atoms with Gasteiger partial charge >= 0.3 is 6.03 Å². The number of aryl methyl sites for hydroxylation is 2. The van der Waals surface area contributed by atoms with Gasteiger partial charge in [0.2, 0.25) is 0 Å². The standard InChI is InChI=1S/C24H27N5OS/c25-24(30)26-17-12-14-29(15-13-17)22-21-18-8-4-5-9-19(18)31-23(21)28-20(27-22)11-10-16-6-2-1-3-7-16/h1-3,6-7,10-11,17H,4-5,8-9,12-15H2,(H3,25,26,30)/b11-10+. The second-order valence-electron chi connectivity index (χ2n) is 8.31. The second-order valence-corrected chi connectivity index (χ2v) is 9.39. The number of benzene rings is 1. The maximum absolute atomic E-state index is 11.2. The van der Waals surface area contributed by atoms with Gasteiger partial charge in [-0.3, -0.25) is 0 Å². The molecule has 0 atom stereocenters. The van der Waals surface area contributed by atoms with Crippen molar-refractivity contribution >= 4 is 45.6 Å². The van der Waals surface area contributed by atoms with Crippen molar-refractivity contribution in [3.8, 4) is 0 Å². The fraction of sp³-hybridized carbons (Fsp3) is 0.375. The lowest BCUT2D eigenvalue weighted by Gasteiger charge is -2.33. The number of nitrogens with zero attached hydrogens (tertiary/aromatic N) is 3. The maximum Gasteiger partial charge on any atom is 0.312 e. The number of thiophene rings is 1. The number of aromatic nitrogens is 2. The molecule has 5 rings (SSSR count). The van der Waals surface area contributed by atoms with E-state index in [1.54, 1.807) is 0 Å². The molecule has 2 aliphatic rings. The van der Waals surface area contributed by atoms with Gasteiger partial charge in [0.25, 0.3) is 0 Å². The van der Waals surface area contributed by atoms with Gasteiger partial charge in [0.15, 0.2) is 5.82 Å². The van der Waals surface area contributed by atoms with Crippen LogP contribution in [0, 0.1) is 0 Å². The van der Waals surface area contributed by atoms with Crippen molar-refractivity contribution in [1.82, 2.24) is 15.3 Å². The van der Waals surface area contributed by atoms with Gasteiger partial charge in [-0.2, -0.15) is 0 Å². The third kappa shape index (κ3) is 4.28. The molecule has 7 heteroatoms. The quantitative estimate of drug-likeness (QED) is 0.640. The van der Waals surface area contributed by atoms with Gasteiger partial charge in [0.1, 0.15) is 10.6 Å². The Labute approximate surface area is 186 Å². The average Bonchev–Trinajstić information content (AvgIpc) is 3.16. The van der Waals surface area contributed by atoms with Crippen LogP contribution in [0.15, 0.2) is 30.3 Å². The molecule has 0 spiro atoms. The minimum atomic E-state index is -0.442. The number of rotatable bonds is 4. The molecule has 3 N–H and O–H groups in total. The lowest BCUT2D eigenvalue weighted by molar-refractivity contribution is 0.242. The SMILES string of the molecule is NC(=O)NC1CCN(c2nc(/C=C/c3ccccc3)nc3sc4c(c23)CCCC4)CC1. The first kappa shape index (κ1) is 20.0. The van der Waals surface area contributed by atoms with Crippen LogP contribution >= 0.6 is 11.3 Å². The van der Waals surface area contributed by atoms with Gasteiger partial charge in [-0.1, -0.05) is 36.4 Å². The highest BCUT2D eigenvalue weighted by molar-refractivity contribution is 7.19. The van der Waals surface area contributed by atoms with Crippen LogP contribution in [0.4, 0.5) is 10.6 Å². The Balaban J connectivity index is 1.51. The van der Waals surface area contributed by atoms with Gasteiger partial charge in [-0.15, -0.1) is 11.3 Å². The molecule has 0 unspecified atom stereocenters. The molecule has 2 amide bonds. The molecule has 0 saturated carbocycles.